The summed E-state index contributed by atoms with van der Waals surface area (Å²) in [4.78, 5) is 0. The second-order valence-electron chi connectivity index (χ2n) is 4.87. The van der Waals surface area contributed by atoms with Crippen LogP contribution in [-0.2, 0) is 10.0 Å². The Bertz CT molecular complexity index is 539. The summed E-state index contributed by atoms with van der Waals surface area (Å²) in [5.74, 6) is 0.493. The lowest BCUT2D eigenvalue weighted by Crippen LogP contribution is -2.42. The van der Waals surface area contributed by atoms with Crippen molar-refractivity contribution in [1.29, 1.82) is 0 Å². The number of nitrogens with zero attached hydrogens (tertiary/aromatic N) is 1. The van der Waals surface area contributed by atoms with Crippen LogP contribution >= 0.6 is 0 Å². The summed E-state index contributed by atoms with van der Waals surface area (Å²) in [6, 6.07) is 6.89. The van der Waals surface area contributed by atoms with Gasteiger partial charge in [-0.25, -0.2) is 12.7 Å². The molecular weight excluding hydrogens is 280 g/mol. The third kappa shape index (κ3) is 4.09. The second-order valence-corrected chi connectivity index (χ2v) is 6.96. The Morgan fingerprint density at radius 1 is 1.35 bits per heavy atom. The Morgan fingerprint density at radius 2 is 2.05 bits per heavy atom. The quantitative estimate of drug-likeness (QED) is 0.769. The topological polar surface area (TPSA) is 92.9 Å². The van der Waals surface area contributed by atoms with E-state index < -0.39 is 10.0 Å². The van der Waals surface area contributed by atoms with Crippen LogP contribution in [0.2, 0.25) is 0 Å². The van der Waals surface area contributed by atoms with Gasteiger partial charge in [-0.2, -0.15) is 0 Å². The van der Waals surface area contributed by atoms with Crippen molar-refractivity contribution >= 4 is 15.7 Å². The van der Waals surface area contributed by atoms with E-state index in [-0.39, 0.29) is 18.5 Å². The van der Waals surface area contributed by atoms with E-state index in [0.717, 1.165) is 0 Å². The number of anilines is 1. The van der Waals surface area contributed by atoms with Crippen LogP contribution in [0.4, 0.5) is 5.69 Å². The van der Waals surface area contributed by atoms with Gasteiger partial charge in [0.1, 0.15) is 12.4 Å². The summed E-state index contributed by atoms with van der Waals surface area (Å²) >= 11 is 0. The first kappa shape index (κ1) is 15.1. The molecule has 1 aliphatic heterocycles. The lowest BCUT2D eigenvalue weighted by atomic mass is 10.1. The van der Waals surface area contributed by atoms with Crippen molar-refractivity contribution in [1.82, 2.24) is 4.31 Å². The molecule has 0 aromatic heterocycles. The van der Waals surface area contributed by atoms with Gasteiger partial charge in [0.15, 0.2) is 0 Å². The van der Waals surface area contributed by atoms with E-state index in [1.165, 1.54) is 4.31 Å². The largest absolute Gasteiger partial charge is 0.492 e. The number of rotatable bonds is 5. The molecule has 1 aromatic rings. The molecule has 0 atom stereocenters. The standard InChI is InChI=1S/C13H20N2O4S/c14-11-2-1-3-13(10-11)19-8-9-20(17,18)15-6-4-12(16)5-7-15/h1-3,10,12,16H,4-9,14H2. The first-order valence-corrected chi connectivity index (χ1v) is 8.22. The third-order valence-electron chi connectivity index (χ3n) is 3.28. The molecule has 0 spiro atoms. The van der Waals surface area contributed by atoms with Crippen molar-refractivity contribution in [2.45, 2.75) is 18.9 Å². The highest BCUT2D eigenvalue weighted by Crippen LogP contribution is 2.16. The van der Waals surface area contributed by atoms with Crippen molar-refractivity contribution in [3.8, 4) is 5.75 Å². The van der Waals surface area contributed by atoms with Crippen LogP contribution < -0.4 is 10.5 Å². The Labute approximate surface area is 119 Å². The first-order valence-electron chi connectivity index (χ1n) is 6.61. The summed E-state index contributed by atoms with van der Waals surface area (Å²) < 4.78 is 31.0. The van der Waals surface area contributed by atoms with Crippen molar-refractivity contribution in [3.63, 3.8) is 0 Å². The van der Waals surface area contributed by atoms with Gasteiger partial charge in [-0.1, -0.05) is 6.07 Å². The molecule has 7 heteroatoms. The zero-order chi connectivity index (χ0) is 14.6. The van der Waals surface area contributed by atoms with Crippen molar-refractivity contribution in [3.05, 3.63) is 24.3 Å². The van der Waals surface area contributed by atoms with Crippen LogP contribution in [0.5, 0.6) is 5.75 Å². The number of ether oxygens (including phenoxy) is 1. The Hall–Kier alpha value is -1.31. The summed E-state index contributed by atoms with van der Waals surface area (Å²) in [5, 5.41) is 9.39. The summed E-state index contributed by atoms with van der Waals surface area (Å²) in [7, 11) is -3.32. The van der Waals surface area contributed by atoms with Gasteiger partial charge in [-0.15, -0.1) is 0 Å². The lowest BCUT2D eigenvalue weighted by Gasteiger charge is -2.28. The third-order valence-corrected chi connectivity index (χ3v) is 5.12. The molecule has 0 aliphatic carbocycles. The predicted octanol–water partition coefficient (Wildman–Crippen LogP) is 0.434. The normalized spacial score (nSPS) is 18.1. The van der Waals surface area contributed by atoms with Gasteiger partial charge in [-0.05, 0) is 25.0 Å². The Balaban J connectivity index is 1.83. The van der Waals surface area contributed by atoms with Gasteiger partial charge in [0.2, 0.25) is 10.0 Å². The fraction of sp³-hybridized carbons (Fsp3) is 0.538. The molecule has 1 aliphatic rings. The van der Waals surface area contributed by atoms with Crippen molar-refractivity contribution in [2.24, 2.45) is 0 Å². The van der Waals surface area contributed by atoms with Crippen molar-refractivity contribution in [2.75, 3.05) is 31.2 Å². The SMILES string of the molecule is Nc1cccc(OCCS(=O)(=O)N2CCC(O)CC2)c1. The van der Waals surface area contributed by atoms with Gasteiger partial charge in [0.25, 0.3) is 0 Å². The van der Waals surface area contributed by atoms with E-state index in [2.05, 4.69) is 0 Å². The number of nitrogens with two attached hydrogens (primary N) is 1. The molecule has 2 rings (SSSR count). The molecule has 1 aromatic carbocycles. The molecule has 0 saturated carbocycles. The fourth-order valence-corrected chi connectivity index (χ4v) is 3.44. The Morgan fingerprint density at radius 3 is 2.70 bits per heavy atom. The summed E-state index contributed by atoms with van der Waals surface area (Å²) in [5.41, 5.74) is 6.19. The average molecular weight is 300 g/mol. The number of nitrogen functional groups attached to an aromatic ring is 1. The monoisotopic (exact) mass is 300 g/mol. The number of hydrogen-bond acceptors (Lipinski definition) is 5. The highest BCUT2D eigenvalue weighted by Gasteiger charge is 2.26. The van der Waals surface area contributed by atoms with E-state index in [1.54, 1.807) is 24.3 Å². The van der Waals surface area contributed by atoms with Gasteiger partial charge in [-0.3, -0.25) is 0 Å². The van der Waals surface area contributed by atoms with Crippen LogP contribution in [0, 0.1) is 0 Å². The maximum absolute atomic E-state index is 12.1. The molecule has 3 N–H and O–H groups in total. The van der Waals surface area contributed by atoms with Crippen molar-refractivity contribution < 1.29 is 18.3 Å². The number of benzene rings is 1. The van der Waals surface area contributed by atoms with Crippen LogP contribution in [0.1, 0.15) is 12.8 Å². The molecule has 1 saturated heterocycles. The highest BCUT2D eigenvalue weighted by molar-refractivity contribution is 7.89. The molecule has 20 heavy (non-hydrogen) atoms. The molecule has 112 valence electrons. The number of hydrogen-bond donors (Lipinski definition) is 2. The minimum atomic E-state index is -3.32. The van der Waals surface area contributed by atoms with Gasteiger partial charge in [0.05, 0.1) is 11.9 Å². The molecule has 1 fully saturated rings. The first-order chi connectivity index (χ1) is 9.47. The maximum atomic E-state index is 12.1. The minimum absolute atomic E-state index is 0.0715. The fourth-order valence-electron chi connectivity index (χ4n) is 2.12. The molecular formula is C13H20N2O4S. The van der Waals surface area contributed by atoms with Crippen LogP contribution in [0.3, 0.4) is 0 Å². The predicted molar refractivity (Wildman–Crippen MR) is 77.0 cm³/mol. The van der Waals surface area contributed by atoms with E-state index in [1.807, 2.05) is 0 Å². The smallest absolute Gasteiger partial charge is 0.217 e. The van der Waals surface area contributed by atoms with Crippen LogP contribution in [-0.4, -0.2) is 49.4 Å². The molecule has 0 radical (unpaired) electrons. The number of aliphatic hydroxyl groups excluding tert-OH is 1. The number of aliphatic hydroxyl groups is 1. The van der Waals surface area contributed by atoms with Crippen LogP contribution in [0.25, 0.3) is 0 Å². The second kappa shape index (κ2) is 6.43. The number of piperidine rings is 1. The average Bonchev–Trinajstić information content (AvgIpc) is 2.39. The van der Waals surface area contributed by atoms with Gasteiger partial charge >= 0.3 is 0 Å². The van der Waals surface area contributed by atoms with Gasteiger partial charge in [0, 0.05) is 24.8 Å². The molecule has 6 nitrogen and oxygen atoms in total. The molecule has 0 unspecified atom stereocenters. The highest BCUT2D eigenvalue weighted by atomic mass is 32.2. The summed E-state index contributed by atoms with van der Waals surface area (Å²) in [6.07, 6.45) is 0.606. The summed E-state index contributed by atoms with van der Waals surface area (Å²) in [6.45, 7) is 0.842. The number of sulfonamides is 1. The molecule has 1 heterocycles. The molecule has 0 amide bonds. The molecule has 0 bridgehead atoms. The van der Waals surface area contributed by atoms with E-state index >= 15 is 0 Å². The zero-order valence-electron chi connectivity index (χ0n) is 11.2. The van der Waals surface area contributed by atoms with E-state index in [0.29, 0.717) is 37.4 Å². The van der Waals surface area contributed by atoms with Crippen LogP contribution in [0.15, 0.2) is 24.3 Å². The Kier molecular flexibility index (Phi) is 4.85. The lowest BCUT2D eigenvalue weighted by molar-refractivity contribution is 0.113. The maximum Gasteiger partial charge on any atom is 0.217 e. The minimum Gasteiger partial charge on any atom is -0.492 e. The van der Waals surface area contributed by atoms with E-state index in [4.69, 9.17) is 10.5 Å². The zero-order valence-corrected chi connectivity index (χ0v) is 12.1. The van der Waals surface area contributed by atoms with Gasteiger partial charge < -0.3 is 15.6 Å². The van der Waals surface area contributed by atoms with E-state index in [9.17, 15) is 13.5 Å².